The predicted molar refractivity (Wildman–Crippen MR) is 110 cm³/mol. The largest absolute Gasteiger partial charge is 0.369 e. The molecule has 4 nitrogen and oxygen atoms in total. The maximum atomic E-state index is 12.3. The molecular weight excluding hydrogens is 393 g/mol. The van der Waals surface area contributed by atoms with E-state index < -0.39 is 0 Å². The molecule has 1 aliphatic rings. The van der Waals surface area contributed by atoms with E-state index >= 15 is 0 Å². The van der Waals surface area contributed by atoms with E-state index in [9.17, 15) is 4.79 Å². The van der Waals surface area contributed by atoms with Gasteiger partial charge in [0, 0.05) is 52.6 Å². The van der Waals surface area contributed by atoms with E-state index in [1.54, 1.807) is 18.2 Å². The topological polar surface area (TPSA) is 35.6 Å². The SMILES string of the molecule is Cc1ccc(Cl)cc1N1CCN(CC(=O)Nc2cc(Cl)cc(Cl)c2)CC1. The molecule has 0 spiro atoms. The number of hydrogen-bond acceptors (Lipinski definition) is 3. The average molecular weight is 413 g/mol. The van der Waals surface area contributed by atoms with Crippen LogP contribution in [0, 0.1) is 6.92 Å². The molecule has 0 saturated carbocycles. The van der Waals surface area contributed by atoms with Crippen LogP contribution in [0.2, 0.25) is 15.1 Å². The molecule has 1 N–H and O–H groups in total. The summed E-state index contributed by atoms with van der Waals surface area (Å²) in [5, 5.41) is 4.59. The molecule has 1 amide bonds. The van der Waals surface area contributed by atoms with Gasteiger partial charge in [0.25, 0.3) is 0 Å². The molecular formula is C19H20Cl3N3O. The van der Waals surface area contributed by atoms with Gasteiger partial charge in [-0.3, -0.25) is 9.69 Å². The molecule has 138 valence electrons. The van der Waals surface area contributed by atoms with Gasteiger partial charge in [-0.1, -0.05) is 40.9 Å². The number of aryl methyl sites for hydroxylation is 1. The minimum Gasteiger partial charge on any atom is -0.369 e. The first kappa shape index (κ1) is 19.3. The highest BCUT2D eigenvalue weighted by molar-refractivity contribution is 6.35. The molecule has 1 aliphatic heterocycles. The van der Waals surface area contributed by atoms with Gasteiger partial charge >= 0.3 is 0 Å². The minimum atomic E-state index is -0.0734. The molecule has 0 aromatic heterocycles. The van der Waals surface area contributed by atoms with Crippen LogP contribution in [0.15, 0.2) is 36.4 Å². The summed E-state index contributed by atoms with van der Waals surface area (Å²) in [6, 6.07) is 10.9. The summed E-state index contributed by atoms with van der Waals surface area (Å²) in [6.45, 7) is 5.77. The lowest BCUT2D eigenvalue weighted by molar-refractivity contribution is -0.117. The number of carbonyl (C=O) groups is 1. The van der Waals surface area contributed by atoms with Gasteiger partial charge in [0.1, 0.15) is 0 Å². The highest BCUT2D eigenvalue weighted by Gasteiger charge is 2.20. The van der Waals surface area contributed by atoms with E-state index in [1.165, 1.54) is 5.56 Å². The van der Waals surface area contributed by atoms with Crippen LogP contribution in [0.25, 0.3) is 0 Å². The second-order valence-electron chi connectivity index (χ2n) is 6.40. The highest BCUT2D eigenvalue weighted by atomic mass is 35.5. The maximum Gasteiger partial charge on any atom is 0.238 e. The van der Waals surface area contributed by atoms with Crippen molar-refractivity contribution < 1.29 is 4.79 Å². The summed E-state index contributed by atoms with van der Waals surface area (Å²) in [5.41, 5.74) is 2.98. The van der Waals surface area contributed by atoms with Crippen molar-refractivity contribution in [1.82, 2.24) is 4.90 Å². The van der Waals surface area contributed by atoms with Crippen molar-refractivity contribution in [3.63, 3.8) is 0 Å². The Bertz CT molecular complexity index is 784. The zero-order valence-electron chi connectivity index (χ0n) is 14.4. The number of carbonyl (C=O) groups excluding carboxylic acids is 1. The molecule has 3 rings (SSSR count). The fraction of sp³-hybridized carbons (Fsp3) is 0.316. The molecule has 26 heavy (non-hydrogen) atoms. The summed E-state index contributed by atoms with van der Waals surface area (Å²) in [7, 11) is 0. The van der Waals surface area contributed by atoms with Crippen LogP contribution >= 0.6 is 34.8 Å². The van der Waals surface area contributed by atoms with Gasteiger partial charge < -0.3 is 10.2 Å². The van der Waals surface area contributed by atoms with Crippen LogP contribution in [0.5, 0.6) is 0 Å². The molecule has 2 aromatic carbocycles. The van der Waals surface area contributed by atoms with Gasteiger partial charge in [-0.15, -0.1) is 0 Å². The third kappa shape index (κ3) is 5.04. The number of hydrogen-bond donors (Lipinski definition) is 1. The van der Waals surface area contributed by atoms with Gasteiger partial charge in [-0.25, -0.2) is 0 Å². The molecule has 0 atom stereocenters. The summed E-state index contributed by atoms with van der Waals surface area (Å²) in [4.78, 5) is 16.7. The number of halogens is 3. The van der Waals surface area contributed by atoms with E-state index in [4.69, 9.17) is 34.8 Å². The first-order chi connectivity index (χ1) is 12.4. The molecule has 1 heterocycles. The Morgan fingerprint density at radius 3 is 2.27 bits per heavy atom. The fourth-order valence-corrected chi connectivity index (χ4v) is 3.79. The van der Waals surface area contributed by atoms with Crippen molar-refractivity contribution in [3.05, 3.63) is 57.0 Å². The lowest BCUT2D eigenvalue weighted by Crippen LogP contribution is -2.48. The van der Waals surface area contributed by atoms with Crippen molar-refractivity contribution >= 4 is 52.1 Å². The van der Waals surface area contributed by atoms with Crippen molar-refractivity contribution in [2.45, 2.75) is 6.92 Å². The smallest absolute Gasteiger partial charge is 0.238 e. The third-order valence-corrected chi connectivity index (χ3v) is 5.07. The normalized spacial score (nSPS) is 15.2. The average Bonchev–Trinajstić information content (AvgIpc) is 2.57. The quantitative estimate of drug-likeness (QED) is 0.789. The summed E-state index contributed by atoms with van der Waals surface area (Å²) in [5.74, 6) is -0.0734. The first-order valence-corrected chi connectivity index (χ1v) is 9.53. The van der Waals surface area contributed by atoms with Crippen LogP contribution in [0.4, 0.5) is 11.4 Å². The maximum absolute atomic E-state index is 12.3. The number of rotatable bonds is 4. The van der Waals surface area contributed by atoms with Crippen molar-refractivity contribution in [2.24, 2.45) is 0 Å². The fourth-order valence-electron chi connectivity index (χ4n) is 3.10. The second-order valence-corrected chi connectivity index (χ2v) is 7.71. The standard InChI is InChI=1S/C19H20Cl3N3O/c1-13-2-3-14(20)11-18(13)25-6-4-24(5-7-25)12-19(26)23-17-9-15(21)8-16(22)10-17/h2-3,8-11H,4-7,12H2,1H3,(H,23,26). The summed E-state index contributed by atoms with van der Waals surface area (Å²) >= 11 is 18.0. The predicted octanol–water partition coefficient (Wildman–Crippen LogP) is 4.72. The van der Waals surface area contributed by atoms with Crippen LogP contribution < -0.4 is 10.2 Å². The molecule has 0 bridgehead atoms. The third-order valence-electron chi connectivity index (χ3n) is 4.40. The van der Waals surface area contributed by atoms with Crippen LogP contribution in [0.3, 0.4) is 0 Å². The van der Waals surface area contributed by atoms with E-state index in [0.717, 1.165) is 36.9 Å². The number of piperazine rings is 1. The number of amides is 1. The number of anilines is 2. The van der Waals surface area contributed by atoms with Crippen molar-refractivity contribution in [1.29, 1.82) is 0 Å². The first-order valence-electron chi connectivity index (χ1n) is 8.40. The van der Waals surface area contributed by atoms with E-state index in [-0.39, 0.29) is 5.91 Å². The van der Waals surface area contributed by atoms with E-state index in [0.29, 0.717) is 22.3 Å². The van der Waals surface area contributed by atoms with Crippen LogP contribution in [-0.4, -0.2) is 43.5 Å². The molecule has 2 aromatic rings. The zero-order chi connectivity index (χ0) is 18.7. The Morgan fingerprint density at radius 1 is 0.962 bits per heavy atom. The lowest BCUT2D eigenvalue weighted by atomic mass is 10.1. The Hall–Kier alpha value is -1.46. The number of nitrogens with zero attached hydrogens (tertiary/aromatic N) is 2. The van der Waals surface area contributed by atoms with Crippen LogP contribution in [-0.2, 0) is 4.79 Å². The van der Waals surface area contributed by atoms with Gasteiger partial charge in [0.2, 0.25) is 5.91 Å². The minimum absolute atomic E-state index is 0.0734. The van der Waals surface area contributed by atoms with Gasteiger partial charge in [-0.2, -0.15) is 0 Å². The molecule has 0 radical (unpaired) electrons. The molecule has 7 heteroatoms. The Kier molecular flexibility index (Phi) is 6.30. The molecule has 1 saturated heterocycles. The van der Waals surface area contributed by atoms with Gasteiger partial charge in [-0.05, 0) is 42.8 Å². The van der Waals surface area contributed by atoms with E-state index in [1.807, 2.05) is 18.2 Å². The van der Waals surface area contributed by atoms with E-state index in [2.05, 4.69) is 22.0 Å². The zero-order valence-corrected chi connectivity index (χ0v) is 16.7. The van der Waals surface area contributed by atoms with Crippen molar-refractivity contribution in [3.8, 4) is 0 Å². The lowest BCUT2D eigenvalue weighted by Gasteiger charge is -2.36. The Balaban J connectivity index is 1.53. The summed E-state index contributed by atoms with van der Waals surface area (Å²) < 4.78 is 0. The molecule has 1 fully saturated rings. The number of benzene rings is 2. The van der Waals surface area contributed by atoms with Gasteiger partial charge in [0.15, 0.2) is 0 Å². The Labute approximate surface area is 168 Å². The number of nitrogens with one attached hydrogen (secondary N) is 1. The Morgan fingerprint density at radius 2 is 1.62 bits per heavy atom. The van der Waals surface area contributed by atoms with Gasteiger partial charge in [0.05, 0.1) is 6.54 Å². The molecule has 0 aliphatic carbocycles. The monoisotopic (exact) mass is 411 g/mol. The second kappa shape index (κ2) is 8.49. The van der Waals surface area contributed by atoms with Crippen molar-refractivity contribution in [2.75, 3.05) is 42.9 Å². The molecule has 0 unspecified atom stereocenters. The summed E-state index contributed by atoms with van der Waals surface area (Å²) in [6.07, 6.45) is 0. The van der Waals surface area contributed by atoms with Crippen LogP contribution in [0.1, 0.15) is 5.56 Å². The highest BCUT2D eigenvalue weighted by Crippen LogP contribution is 2.25.